The summed E-state index contributed by atoms with van der Waals surface area (Å²) in [5, 5.41) is 4.07. The third-order valence-electron chi connectivity index (χ3n) is 5.45. The Labute approximate surface area is 203 Å². The lowest BCUT2D eigenvalue weighted by Crippen LogP contribution is -2.36. The quantitative estimate of drug-likeness (QED) is 0.408. The Bertz CT molecular complexity index is 1070. The van der Waals surface area contributed by atoms with Gasteiger partial charge in [-0.05, 0) is 54.1 Å². The molecule has 0 unspecified atom stereocenters. The number of benzene rings is 3. The van der Waals surface area contributed by atoms with Gasteiger partial charge < -0.3 is 24.4 Å². The molecule has 0 aliphatic carbocycles. The molecule has 5 nitrogen and oxygen atoms in total. The summed E-state index contributed by atoms with van der Waals surface area (Å²) in [5.41, 5.74) is 3.37. The van der Waals surface area contributed by atoms with Crippen LogP contribution in [0.1, 0.15) is 11.1 Å². The number of rotatable bonds is 8. The summed E-state index contributed by atoms with van der Waals surface area (Å²) in [4.78, 5) is 2.31. The van der Waals surface area contributed by atoms with Crippen molar-refractivity contribution in [3.05, 3.63) is 81.6 Å². The van der Waals surface area contributed by atoms with Crippen LogP contribution in [0.15, 0.2) is 54.6 Å². The Morgan fingerprint density at radius 1 is 1.03 bits per heavy atom. The zero-order valence-corrected chi connectivity index (χ0v) is 19.8. The van der Waals surface area contributed by atoms with Crippen LogP contribution in [-0.2, 0) is 17.9 Å². The Balaban J connectivity index is 1.41. The smallest absolute Gasteiger partial charge is 0.180 e. The molecule has 0 saturated carbocycles. The highest BCUT2D eigenvalue weighted by Crippen LogP contribution is 2.37. The molecule has 1 heterocycles. The molecule has 0 spiro atoms. The van der Waals surface area contributed by atoms with Crippen molar-refractivity contribution in [3.8, 4) is 11.5 Å². The number of nitrogens with zero attached hydrogens (tertiary/aromatic N) is 1. The molecule has 1 fully saturated rings. The molecule has 3 aromatic rings. The average Bonchev–Trinajstić information content (AvgIpc) is 2.84. The van der Waals surface area contributed by atoms with Crippen LogP contribution in [0.3, 0.4) is 0 Å². The van der Waals surface area contributed by atoms with E-state index < -0.39 is 5.82 Å². The number of anilines is 2. The lowest BCUT2D eigenvalue weighted by Gasteiger charge is -2.29. The molecule has 1 N–H and O–H groups in total. The zero-order valence-electron chi connectivity index (χ0n) is 18.2. The monoisotopic (exact) mass is 490 g/mol. The summed E-state index contributed by atoms with van der Waals surface area (Å²) in [6, 6.07) is 16.5. The zero-order chi connectivity index (χ0) is 23.2. The molecule has 33 heavy (non-hydrogen) atoms. The average molecular weight is 491 g/mol. The van der Waals surface area contributed by atoms with E-state index in [2.05, 4.69) is 34.5 Å². The molecule has 174 valence electrons. The number of ether oxygens (including phenoxy) is 3. The molecule has 0 atom stereocenters. The van der Waals surface area contributed by atoms with E-state index in [9.17, 15) is 4.39 Å². The third-order valence-corrected chi connectivity index (χ3v) is 6.09. The van der Waals surface area contributed by atoms with Gasteiger partial charge in [-0.1, -0.05) is 29.3 Å². The topological polar surface area (TPSA) is 43.0 Å². The summed E-state index contributed by atoms with van der Waals surface area (Å²) in [5.74, 6) is 0.379. The van der Waals surface area contributed by atoms with Gasteiger partial charge in [-0.3, -0.25) is 0 Å². The fourth-order valence-corrected chi connectivity index (χ4v) is 4.15. The van der Waals surface area contributed by atoms with Crippen LogP contribution in [0.25, 0.3) is 0 Å². The minimum Gasteiger partial charge on any atom is -0.493 e. The van der Waals surface area contributed by atoms with Crippen molar-refractivity contribution in [1.29, 1.82) is 0 Å². The largest absolute Gasteiger partial charge is 0.493 e. The van der Waals surface area contributed by atoms with Gasteiger partial charge in [0, 0.05) is 36.6 Å². The van der Waals surface area contributed by atoms with Crippen molar-refractivity contribution in [1.82, 2.24) is 0 Å². The van der Waals surface area contributed by atoms with E-state index in [-0.39, 0.29) is 12.2 Å². The van der Waals surface area contributed by atoms with Gasteiger partial charge in [0.1, 0.15) is 12.4 Å². The fourth-order valence-electron chi connectivity index (χ4n) is 3.65. The first-order valence-corrected chi connectivity index (χ1v) is 11.4. The molecule has 0 aromatic heterocycles. The maximum atomic E-state index is 14.0. The van der Waals surface area contributed by atoms with E-state index in [4.69, 9.17) is 37.4 Å². The number of hydrogen-bond acceptors (Lipinski definition) is 5. The number of halogens is 3. The van der Waals surface area contributed by atoms with Gasteiger partial charge in [0.25, 0.3) is 0 Å². The SMILES string of the molecule is COc1cc(CNc2ccc(N3CCOCC3)cc2)cc(Cl)c1OCc1c(F)cccc1Cl. The maximum Gasteiger partial charge on any atom is 0.180 e. The molecule has 1 saturated heterocycles. The lowest BCUT2D eigenvalue weighted by atomic mass is 10.1. The molecule has 3 aromatic carbocycles. The second-order valence-corrected chi connectivity index (χ2v) is 8.41. The molecular weight excluding hydrogens is 466 g/mol. The molecule has 1 aliphatic rings. The first kappa shape index (κ1) is 23.5. The first-order valence-electron chi connectivity index (χ1n) is 10.6. The van der Waals surface area contributed by atoms with Crippen molar-refractivity contribution < 1.29 is 18.6 Å². The predicted octanol–water partition coefficient (Wildman–Crippen LogP) is 6.17. The van der Waals surface area contributed by atoms with Crippen LogP contribution >= 0.6 is 23.2 Å². The standard InChI is InChI=1S/C25H25Cl2FN2O3/c1-31-24-14-17(13-22(27)25(24)33-16-20-21(26)3-2-4-23(20)28)15-29-18-5-7-19(8-6-18)30-9-11-32-12-10-30/h2-8,13-14,29H,9-12,15-16H2,1H3. The van der Waals surface area contributed by atoms with Crippen LogP contribution in [0, 0.1) is 5.82 Å². The second-order valence-electron chi connectivity index (χ2n) is 7.60. The Hall–Kier alpha value is -2.67. The third kappa shape index (κ3) is 5.82. The summed E-state index contributed by atoms with van der Waals surface area (Å²) in [6.45, 7) is 3.82. The number of hydrogen-bond donors (Lipinski definition) is 1. The van der Waals surface area contributed by atoms with Crippen molar-refractivity contribution in [2.24, 2.45) is 0 Å². The van der Waals surface area contributed by atoms with E-state index in [0.717, 1.165) is 37.6 Å². The molecular formula is C25H25Cl2FN2O3. The minimum atomic E-state index is -0.432. The van der Waals surface area contributed by atoms with Crippen molar-refractivity contribution in [2.45, 2.75) is 13.2 Å². The summed E-state index contributed by atoms with van der Waals surface area (Å²) in [7, 11) is 1.54. The van der Waals surface area contributed by atoms with E-state index in [0.29, 0.717) is 28.1 Å². The van der Waals surface area contributed by atoms with Crippen LogP contribution in [0.5, 0.6) is 11.5 Å². The highest BCUT2D eigenvalue weighted by atomic mass is 35.5. The van der Waals surface area contributed by atoms with E-state index in [1.807, 2.05) is 6.07 Å². The molecule has 4 rings (SSSR count). The maximum absolute atomic E-state index is 14.0. The minimum absolute atomic E-state index is 0.0608. The highest BCUT2D eigenvalue weighted by molar-refractivity contribution is 6.32. The van der Waals surface area contributed by atoms with Gasteiger partial charge in [0.2, 0.25) is 0 Å². The molecule has 8 heteroatoms. The van der Waals surface area contributed by atoms with Gasteiger partial charge in [-0.2, -0.15) is 0 Å². The van der Waals surface area contributed by atoms with E-state index in [1.54, 1.807) is 18.2 Å². The Kier molecular flexibility index (Phi) is 7.81. The van der Waals surface area contributed by atoms with Gasteiger partial charge >= 0.3 is 0 Å². The summed E-state index contributed by atoms with van der Waals surface area (Å²) < 4.78 is 30.7. The van der Waals surface area contributed by atoms with Crippen molar-refractivity contribution in [2.75, 3.05) is 43.6 Å². The van der Waals surface area contributed by atoms with Crippen LogP contribution < -0.4 is 19.7 Å². The van der Waals surface area contributed by atoms with Gasteiger partial charge in [-0.15, -0.1) is 0 Å². The Morgan fingerprint density at radius 2 is 1.79 bits per heavy atom. The van der Waals surface area contributed by atoms with E-state index >= 15 is 0 Å². The van der Waals surface area contributed by atoms with Crippen molar-refractivity contribution >= 4 is 34.6 Å². The van der Waals surface area contributed by atoms with Gasteiger partial charge in [0.15, 0.2) is 11.5 Å². The molecule has 0 radical (unpaired) electrons. The number of methoxy groups -OCH3 is 1. The highest BCUT2D eigenvalue weighted by Gasteiger charge is 2.15. The molecule has 0 bridgehead atoms. The molecule has 0 amide bonds. The predicted molar refractivity (Wildman–Crippen MR) is 131 cm³/mol. The van der Waals surface area contributed by atoms with Crippen LogP contribution in [0.4, 0.5) is 15.8 Å². The van der Waals surface area contributed by atoms with Crippen LogP contribution in [-0.4, -0.2) is 33.4 Å². The number of morpholine rings is 1. The number of nitrogens with one attached hydrogen (secondary N) is 1. The van der Waals surface area contributed by atoms with Gasteiger partial charge in [0.05, 0.1) is 30.4 Å². The summed E-state index contributed by atoms with van der Waals surface area (Å²) in [6.07, 6.45) is 0. The first-order chi connectivity index (χ1) is 16.0. The molecule has 1 aliphatic heterocycles. The lowest BCUT2D eigenvalue weighted by molar-refractivity contribution is 0.122. The summed E-state index contributed by atoms with van der Waals surface area (Å²) >= 11 is 12.6. The van der Waals surface area contributed by atoms with Crippen molar-refractivity contribution in [3.63, 3.8) is 0 Å². The normalized spacial score (nSPS) is 13.6. The Morgan fingerprint density at radius 3 is 2.48 bits per heavy atom. The second kappa shape index (κ2) is 11.0. The van der Waals surface area contributed by atoms with Gasteiger partial charge in [-0.25, -0.2) is 4.39 Å². The van der Waals surface area contributed by atoms with Crippen LogP contribution in [0.2, 0.25) is 10.0 Å². The fraction of sp³-hybridized carbons (Fsp3) is 0.280. The van der Waals surface area contributed by atoms with E-state index in [1.165, 1.54) is 18.9 Å².